The predicted octanol–water partition coefficient (Wildman–Crippen LogP) is -0.442. The first-order valence-electron chi connectivity index (χ1n) is 7.70. The van der Waals surface area contributed by atoms with Crippen LogP contribution in [0.4, 0.5) is 13.2 Å². The number of halogens is 3. The van der Waals surface area contributed by atoms with E-state index in [9.17, 15) is 51.6 Å². The van der Waals surface area contributed by atoms with Gasteiger partial charge in [0.15, 0.2) is 17.6 Å². The van der Waals surface area contributed by atoms with Crippen LogP contribution < -0.4 is 11.2 Å². The monoisotopic (exact) mass is 550 g/mol. The highest BCUT2D eigenvalue weighted by Gasteiger charge is 2.43. The highest BCUT2D eigenvalue weighted by molar-refractivity contribution is 7.66. The summed E-state index contributed by atoms with van der Waals surface area (Å²) in [5.41, 5.74) is -5.21. The Morgan fingerprint density at radius 3 is 2.18 bits per heavy atom. The van der Waals surface area contributed by atoms with Gasteiger partial charge in [-0.1, -0.05) is 0 Å². The molecule has 7 N–H and O–H groups in total. The molecule has 1 aromatic heterocycles. The molecular formula is C10H12F3N2O15P3. The Bertz CT molecular complexity index is 1210. The van der Waals surface area contributed by atoms with E-state index in [4.69, 9.17) is 19.4 Å². The molecular weight excluding hydrogens is 538 g/mol. The average molecular weight is 550 g/mol. The number of ether oxygens (including phenoxy) is 1. The number of nitrogens with zero attached hydrogens (tertiary/aromatic N) is 1. The van der Waals surface area contributed by atoms with Gasteiger partial charge < -0.3 is 34.5 Å². The SMILES string of the molecule is O=c1[nH]c(=O)n([C@@H]2OC(COP(=O)(O)OP(=O)(O)OP(=O)(O)O)=C(O)C2O)cc1C(F)(F)F. The maximum atomic E-state index is 12.9. The van der Waals surface area contributed by atoms with Gasteiger partial charge in [-0.2, -0.15) is 21.8 Å². The number of alkyl halides is 3. The van der Waals surface area contributed by atoms with Gasteiger partial charge in [-0.15, -0.1) is 0 Å². The van der Waals surface area contributed by atoms with Crippen LogP contribution in [0.2, 0.25) is 0 Å². The summed E-state index contributed by atoms with van der Waals surface area (Å²) in [6, 6.07) is 0. The zero-order valence-corrected chi connectivity index (χ0v) is 17.9. The summed E-state index contributed by atoms with van der Waals surface area (Å²) in [4.78, 5) is 59.7. The van der Waals surface area contributed by atoms with Crippen molar-refractivity contribution in [3.05, 3.63) is 44.1 Å². The van der Waals surface area contributed by atoms with Gasteiger partial charge in [-0.3, -0.25) is 18.9 Å². The molecule has 0 bridgehead atoms. The number of rotatable bonds is 8. The topological polar surface area (TPSA) is 264 Å². The van der Waals surface area contributed by atoms with Crippen molar-refractivity contribution in [1.29, 1.82) is 0 Å². The Morgan fingerprint density at radius 2 is 1.67 bits per heavy atom. The number of hydrogen-bond donors (Lipinski definition) is 7. The van der Waals surface area contributed by atoms with Gasteiger partial charge in [0.25, 0.3) is 5.56 Å². The summed E-state index contributed by atoms with van der Waals surface area (Å²) >= 11 is 0. The Balaban J connectivity index is 2.21. The van der Waals surface area contributed by atoms with Crippen LogP contribution in [0.15, 0.2) is 27.3 Å². The molecule has 0 aliphatic carbocycles. The smallest absolute Gasteiger partial charge is 0.490 e. The molecule has 0 aromatic carbocycles. The van der Waals surface area contributed by atoms with Crippen molar-refractivity contribution in [3.63, 3.8) is 0 Å². The number of phosphoric ester groups is 1. The van der Waals surface area contributed by atoms with E-state index in [0.29, 0.717) is 0 Å². The van der Waals surface area contributed by atoms with E-state index in [2.05, 4.69) is 13.1 Å². The van der Waals surface area contributed by atoms with Gasteiger partial charge in [-0.25, -0.2) is 18.5 Å². The molecule has 2 rings (SSSR count). The van der Waals surface area contributed by atoms with Gasteiger partial charge in [0.05, 0.1) is 0 Å². The molecule has 17 nitrogen and oxygen atoms in total. The lowest BCUT2D eigenvalue weighted by Crippen LogP contribution is -2.39. The molecule has 0 fully saturated rings. The van der Waals surface area contributed by atoms with Crippen LogP contribution in [-0.2, 0) is 37.8 Å². The lowest BCUT2D eigenvalue weighted by Gasteiger charge is -2.19. The Kier molecular flexibility index (Phi) is 7.55. The van der Waals surface area contributed by atoms with Gasteiger partial charge in [0, 0.05) is 6.20 Å². The summed E-state index contributed by atoms with van der Waals surface area (Å²) in [7, 11) is -17.2. The van der Waals surface area contributed by atoms with Crippen LogP contribution in [0.25, 0.3) is 0 Å². The van der Waals surface area contributed by atoms with Crippen LogP contribution in [-0.4, -0.2) is 52.0 Å². The fraction of sp³-hybridized carbons (Fsp3) is 0.400. The molecule has 0 radical (unpaired) electrons. The summed E-state index contributed by atoms with van der Waals surface area (Å²) in [5, 5.41) is 19.8. The third-order valence-corrected chi connectivity index (χ3v) is 7.20. The second kappa shape index (κ2) is 9.09. The first kappa shape index (κ1) is 27.4. The zero-order valence-electron chi connectivity index (χ0n) is 15.2. The Morgan fingerprint density at radius 1 is 1.09 bits per heavy atom. The van der Waals surface area contributed by atoms with Crippen LogP contribution in [0.3, 0.4) is 0 Å². The molecule has 4 atom stereocenters. The molecule has 188 valence electrons. The number of aromatic nitrogens is 2. The van der Waals surface area contributed by atoms with Crippen molar-refractivity contribution in [2.45, 2.75) is 18.5 Å². The minimum absolute atomic E-state index is 0.0307. The van der Waals surface area contributed by atoms with Crippen molar-refractivity contribution in [2.75, 3.05) is 6.61 Å². The Hall–Kier alpha value is -1.82. The number of aromatic amines is 1. The largest absolute Gasteiger partial charge is 0.506 e. The maximum Gasteiger partial charge on any atom is 0.490 e. The highest BCUT2D eigenvalue weighted by Crippen LogP contribution is 2.66. The molecule has 0 saturated heterocycles. The fourth-order valence-electron chi connectivity index (χ4n) is 2.21. The first-order valence-corrected chi connectivity index (χ1v) is 12.2. The van der Waals surface area contributed by atoms with Crippen LogP contribution in [0, 0.1) is 0 Å². The standard InChI is InChI=1S/C10H12F3N2O15P3/c11-10(12,13)3-1-15(9(19)14-7(3)18)8-6(17)5(16)4(28-8)2-27-32(23,24)30-33(25,26)29-31(20,21)22/h1,6,8,16-17H,2H2,(H,23,24)(H,25,26)(H,14,18,19)(H2,20,21,22)/t6?,8-/m1/s1. The molecule has 0 amide bonds. The fourth-order valence-corrected chi connectivity index (χ4v) is 5.18. The van der Waals surface area contributed by atoms with Crippen LogP contribution in [0.1, 0.15) is 11.8 Å². The molecule has 3 unspecified atom stereocenters. The number of aliphatic hydroxyl groups excluding tert-OH is 2. The molecule has 0 spiro atoms. The highest BCUT2D eigenvalue weighted by atomic mass is 31.3. The van der Waals surface area contributed by atoms with Gasteiger partial charge in [0.2, 0.25) is 6.23 Å². The van der Waals surface area contributed by atoms with E-state index >= 15 is 0 Å². The number of nitrogens with one attached hydrogen (secondary N) is 1. The van der Waals surface area contributed by atoms with Crippen molar-refractivity contribution >= 4 is 23.5 Å². The third kappa shape index (κ3) is 7.08. The molecule has 1 aromatic rings. The minimum Gasteiger partial charge on any atom is -0.506 e. The number of phosphoric acid groups is 3. The Labute approximate surface area is 177 Å². The lowest BCUT2D eigenvalue weighted by molar-refractivity contribution is -0.139. The molecule has 0 saturated carbocycles. The van der Waals surface area contributed by atoms with Crippen molar-refractivity contribution in [1.82, 2.24) is 9.55 Å². The number of hydrogen-bond acceptors (Lipinski definition) is 11. The number of aliphatic hydroxyl groups is 2. The average Bonchev–Trinajstić information content (AvgIpc) is 2.84. The molecule has 2 heterocycles. The van der Waals surface area contributed by atoms with E-state index in [1.54, 1.807) is 0 Å². The minimum atomic E-state index is -5.87. The van der Waals surface area contributed by atoms with Crippen molar-refractivity contribution in [3.8, 4) is 0 Å². The van der Waals surface area contributed by atoms with Crippen LogP contribution >= 0.6 is 23.5 Å². The van der Waals surface area contributed by atoms with E-state index in [-0.39, 0.29) is 10.8 Å². The maximum absolute atomic E-state index is 12.9. The van der Waals surface area contributed by atoms with Crippen molar-refractivity contribution < 1.29 is 74.5 Å². The molecule has 1 aliphatic heterocycles. The third-order valence-electron chi connectivity index (χ3n) is 3.42. The molecule has 23 heteroatoms. The molecule has 1 aliphatic rings. The summed E-state index contributed by atoms with van der Waals surface area (Å²) < 4.78 is 88.0. The summed E-state index contributed by atoms with van der Waals surface area (Å²) in [6.07, 6.45) is -9.68. The predicted molar refractivity (Wildman–Crippen MR) is 91.9 cm³/mol. The van der Waals surface area contributed by atoms with E-state index in [1.165, 1.54) is 4.98 Å². The first-order chi connectivity index (χ1) is 14.7. The quantitative estimate of drug-likeness (QED) is 0.202. The second-order valence-corrected chi connectivity index (χ2v) is 10.3. The van der Waals surface area contributed by atoms with E-state index < -0.39 is 76.9 Å². The molecule has 33 heavy (non-hydrogen) atoms. The lowest BCUT2D eigenvalue weighted by atomic mass is 10.2. The number of H-pyrrole nitrogens is 1. The van der Waals surface area contributed by atoms with Gasteiger partial charge >= 0.3 is 35.3 Å². The van der Waals surface area contributed by atoms with E-state index in [1.807, 2.05) is 0 Å². The zero-order chi connectivity index (χ0) is 25.6. The van der Waals surface area contributed by atoms with Gasteiger partial charge in [0.1, 0.15) is 12.2 Å². The normalized spacial score (nSPS) is 23.2. The van der Waals surface area contributed by atoms with Crippen LogP contribution in [0.5, 0.6) is 0 Å². The summed E-state index contributed by atoms with van der Waals surface area (Å²) in [6.45, 7) is -1.40. The second-order valence-electron chi connectivity index (χ2n) is 5.83. The van der Waals surface area contributed by atoms with E-state index in [0.717, 1.165) is 0 Å². The van der Waals surface area contributed by atoms with Gasteiger partial charge in [-0.05, 0) is 0 Å². The summed E-state index contributed by atoms with van der Waals surface area (Å²) in [5.74, 6) is -2.22. The van der Waals surface area contributed by atoms with Crippen molar-refractivity contribution in [2.24, 2.45) is 0 Å².